The van der Waals surface area contributed by atoms with E-state index in [1.54, 1.807) is 7.11 Å². The first kappa shape index (κ1) is 22.2. The molecule has 1 aromatic carbocycles. The number of hydrogen-bond acceptors (Lipinski definition) is 5. The number of thioether (sulfide) groups is 1. The van der Waals surface area contributed by atoms with Crippen molar-refractivity contribution in [2.75, 3.05) is 26.0 Å². The monoisotopic (exact) mass is 426 g/mol. The number of benzene rings is 1. The molecule has 2 heterocycles. The first-order valence-electron chi connectivity index (χ1n) is 10.4. The number of aromatic nitrogens is 3. The summed E-state index contributed by atoms with van der Waals surface area (Å²) in [5, 5.41) is 5.67. The summed E-state index contributed by atoms with van der Waals surface area (Å²) >= 11 is 1.51. The van der Waals surface area contributed by atoms with Crippen LogP contribution in [-0.2, 0) is 4.79 Å². The van der Waals surface area contributed by atoms with Crippen molar-refractivity contribution in [3.63, 3.8) is 0 Å². The van der Waals surface area contributed by atoms with E-state index in [0.29, 0.717) is 5.75 Å². The molecule has 0 saturated heterocycles. The van der Waals surface area contributed by atoms with Crippen LogP contribution in [-0.4, -0.2) is 51.4 Å². The number of nitrogens with zero attached hydrogens (tertiary/aromatic N) is 4. The van der Waals surface area contributed by atoms with Crippen LogP contribution >= 0.6 is 11.8 Å². The third kappa shape index (κ3) is 4.61. The Hall–Kier alpha value is -2.54. The number of amides is 1. The van der Waals surface area contributed by atoms with Crippen molar-refractivity contribution in [1.29, 1.82) is 0 Å². The van der Waals surface area contributed by atoms with Gasteiger partial charge in [0.15, 0.2) is 5.65 Å². The Labute approximate surface area is 182 Å². The maximum absolute atomic E-state index is 12.7. The highest BCUT2D eigenvalue weighted by Crippen LogP contribution is 2.35. The van der Waals surface area contributed by atoms with Gasteiger partial charge in [0.1, 0.15) is 10.8 Å². The Kier molecular flexibility index (Phi) is 7.37. The number of hydrogen-bond donors (Lipinski definition) is 0. The molecule has 0 spiro atoms. The maximum atomic E-state index is 12.7. The molecule has 0 unspecified atom stereocenters. The fraction of sp³-hybridized carbons (Fsp3) is 0.435. The summed E-state index contributed by atoms with van der Waals surface area (Å²) in [6, 6.07) is 9.90. The van der Waals surface area contributed by atoms with E-state index in [4.69, 9.17) is 14.8 Å². The van der Waals surface area contributed by atoms with Gasteiger partial charge in [0, 0.05) is 24.3 Å². The van der Waals surface area contributed by atoms with Crippen LogP contribution in [0.2, 0.25) is 0 Å². The van der Waals surface area contributed by atoms with E-state index in [1.807, 2.05) is 60.5 Å². The van der Waals surface area contributed by atoms with Crippen LogP contribution in [0, 0.1) is 13.8 Å². The zero-order valence-corrected chi connectivity index (χ0v) is 19.3. The molecular formula is C23H30N4O2S. The molecule has 7 heteroatoms. The number of unbranched alkanes of at least 4 members (excludes halogenated alkanes) is 1. The molecule has 160 valence electrons. The molecule has 3 aromatic rings. The summed E-state index contributed by atoms with van der Waals surface area (Å²) in [7, 11) is 1.67. The molecule has 0 saturated carbocycles. The van der Waals surface area contributed by atoms with Crippen LogP contribution in [0.15, 0.2) is 35.4 Å². The Morgan fingerprint density at radius 1 is 1.23 bits per heavy atom. The minimum absolute atomic E-state index is 0.160. The Morgan fingerprint density at radius 3 is 2.70 bits per heavy atom. The van der Waals surface area contributed by atoms with Crippen LogP contribution in [0.3, 0.4) is 0 Å². The van der Waals surface area contributed by atoms with E-state index in [-0.39, 0.29) is 5.91 Å². The molecule has 3 rings (SSSR count). The molecule has 0 N–H and O–H groups in total. The minimum atomic E-state index is 0.160. The molecule has 30 heavy (non-hydrogen) atoms. The van der Waals surface area contributed by atoms with E-state index in [0.717, 1.165) is 64.9 Å². The molecule has 0 atom stereocenters. The minimum Gasteiger partial charge on any atom is -0.496 e. The third-order valence-corrected chi connectivity index (χ3v) is 6.07. The van der Waals surface area contributed by atoms with Gasteiger partial charge in [-0.2, -0.15) is 5.10 Å². The molecule has 0 fully saturated rings. The fourth-order valence-electron chi connectivity index (χ4n) is 3.52. The Morgan fingerprint density at radius 2 is 2.00 bits per heavy atom. The van der Waals surface area contributed by atoms with Gasteiger partial charge in [-0.15, -0.1) is 0 Å². The van der Waals surface area contributed by atoms with Crippen LogP contribution < -0.4 is 4.74 Å². The molecule has 0 aliphatic carbocycles. The number of methoxy groups -OCH3 is 1. The summed E-state index contributed by atoms with van der Waals surface area (Å²) in [6.07, 6.45) is 2.11. The lowest BCUT2D eigenvalue weighted by Gasteiger charge is -2.20. The van der Waals surface area contributed by atoms with Gasteiger partial charge >= 0.3 is 0 Å². The number of rotatable bonds is 9. The number of carbonyl (C=O) groups is 1. The highest BCUT2D eigenvalue weighted by atomic mass is 32.2. The van der Waals surface area contributed by atoms with Crippen molar-refractivity contribution < 1.29 is 9.53 Å². The second-order valence-corrected chi connectivity index (χ2v) is 8.24. The van der Waals surface area contributed by atoms with Crippen molar-refractivity contribution in [1.82, 2.24) is 19.5 Å². The van der Waals surface area contributed by atoms with E-state index in [9.17, 15) is 4.79 Å². The van der Waals surface area contributed by atoms with Gasteiger partial charge < -0.3 is 9.64 Å². The highest BCUT2D eigenvalue weighted by molar-refractivity contribution is 7.99. The third-order valence-electron chi connectivity index (χ3n) is 5.10. The fourth-order valence-corrected chi connectivity index (χ4v) is 4.47. The van der Waals surface area contributed by atoms with Crippen molar-refractivity contribution in [2.24, 2.45) is 0 Å². The molecule has 0 aliphatic rings. The predicted molar refractivity (Wildman–Crippen MR) is 122 cm³/mol. The normalized spacial score (nSPS) is 11.1. The van der Waals surface area contributed by atoms with Crippen LogP contribution in [0.4, 0.5) is 0 Å². The molecule has 0 radical (unpaired) electrons. The number of fused-ring (bicyclic) bond motifs is 1. The lowest BCUT2D eigenvalue weighted by Crippen LogP contribution is -2.33. The topological polar surface area (TPSA) is 59.7 Å². The average molecular weight is 427 g/mol. The zero-order chi connectivity index (χ0) is 21.7. The lowest BCUT2D eigenvalue weighted by molar-refractivity contribution is -0.128. The van der Waals surface area contributed by atoms with E-state index in [1.165, 1.54) is 11.8 Å². The van der Waals surface area contributed by atoms with Crippen LogP contribution in [0.25, 0.3) is 16.8 Å². The smallest absolute Gasteiger partial charge is 0.232 e. The summed E-state index contributed by atoms with van der Waals surface area (Å²) in [5.41, 5.74) is 4.48. The van der Waals surface area contributed by atoms with Crippen molar-refractivity contribution in [2.45, 2.75) is 45.6 Å². The average Bonchev–Trinajstić information content (AvgIpc) is 3.07. The van der Waals surface area contributed by atoms with Crippen LogP contribution in [0.1, 0.15) is 38.1 Å². The van der Waals surface area contributed by atoms with Gasteiger partial charge in [-0.3, -0.25) is 4.79 Å². The number of aryl methyl sites for hydroxylation is 2. The first-order valence-corrected chi connectivity index (χ1v) is 11.4. The first-order chi connectivity index (χ1) is 14.5. The van der Waals surface area contributed by atoms with Gasteiger partial charge in [-0.1, -0.05) is 43.3 Å². The maximum Gasteiger partial charge on any atom is 0.232 e. The summed E-state index contributed by atoms with van der Waals surface area (Å²) < 4.78 is 7.41. The number of ether oxygens (including phenoxy) is 1. The van der Waals surface area contributed by atoms with Crippen molar-refractivity contribution >= 4 is 23.3 Å². The summed E-state index contributed by atoms with van der Waals surface area (Å²) in [4.78, 5) is 19.4. The number of para-hydroxylation sites is 1. The Bertz CT molecular complexity index is 1030. The zero-order valence-electron chi connectivity index (χ0n) is 18.4. The molecule has 0 bridgehead atoms. The SMILES string of the molecule is CCCCN(CC)C(=O)CSc1cc(C)nc2c(-c3ccccc3OC)c(C)nn12. The second-order valence-electron chi connectivity index (χ2n) is 7.25. The second kappa shape index (κ2) is 9.98. The van der Waals surface area contributed by atoms with Gasteiger partial charge in [-0.25, -0.2) is 9.50 Å². The van der Waals surface area contributed by atoms with Crippen molar-refractivity contribution in [3.8, 4) is 16.9 Å². The van der Waals surface area contributed by atoms with Gasteiger partial charge in [-0.05, 0) is 39.3 Å². The standard InChI is InChI=1S/C23H30N4O2S/c1-6-8-13-26(7-2)20(28)15-30-21-14-16(3)24-23-22(17(4)25-27(21)23)18-11-9-10-12-19(18)29-5/h9-12,14H,6-8,13,15H2,1-5H3. The molecule has 0 aliphatic heterocycles. The Balaban J connectivity index is 1.95. The predicted octanol–water partition coefficient (Wildman–Crippen LogP) is 4.76. The van der Waals surface area contributed by atoms with Gasteiger partial charge in [0.2, 0.25) is 5.91 Å². The number of carbonyl (C=O) groups excluding carboxylic acids is 1. The highest BCUT2D eigenvalue weighted by Gasteiger charge is 2.20. The van der Waals surface area contributed by atoms with Crippen LogP contribution in [0.5, 0.6) is 5.75 Å². The molecular weight excluding hydrogens is 396 g/mol. The van der Waals surface area contributed by atoms with E-state index >= 15 is 0 Å². The largest absolute Gasteiger partial charge is 0.496 e. The quantitative estimate of drug-likeness (QED) is 0.365. The van der Waals surface area contributed by atoms with Crippen molar-refractivity contribution in [3.05, 3.63) is 41.7 Å². The summed E-state index contributed by atoms with van der Waals surface area (Å²) in [5.74, 6) is 1.34. The molecule has 6 nitrogen and oxygen atoms in total. The van der Waals surface area contributed by atoms with Gasteiger partial charge in [0.05, 0.1) is 24.1 Å². The summed E-state index contributed by atoms with van der Waals surface area (Å²) in [6.45, 7) is 9.68. The van der Waals surface area contributed by atoms with Gasteiger partial charge in [0.25, 0.3) is 0 Å². The van der Waals surface area contributed by atoms with E-state index < -0.39 is 0 Å². The molecule has 2 aromatic heterocycles. The van der Waals surface area contributed by atoms with E-state index in [2.05, 4.69) is 6.92 Å². The lowest BCUT2D eigenvalue weighted by atomic mass is 10.1. The molecule has 1 amide bonds.